The monoisotopic (exact) mass is 450 g/mol. The van der Waals surface area contributed by atoms with Crippen LogP contribution in [0.3, 0.4) is 0 Å². The van der Waals surface area contributed by atoms with Crippen molar-refractivity contribution in [3.63, 3.8) is 0 Å². The summed E-state index contributed by atoms with van der Waals surface area (Å²) in [6, 6.07) is 9.39. The van der Waals surface area contributed by atoms with Crippen LogP contribution in [0.15, 0.2) is 72.8 Å². The summed E-state index contributed by atoms with van der Waals surface area (Å²) in [6.45, 7) is 0.693. The number of likely N-dealkylation sites (tertiary alicyclic amines) is 1. The fraction of sp³-hybridized carbons (Fsp3) is 0.174. The second kappa shape index (κ2) is 9.03. The van der Waals surface area contributed by atoms with Crippen molar-refractivity contribution in [2.24, 2.45) is 0 Å². The van der Waals surface area contributed by atoms with Gasteiger partial charge in [0.25, 0.3) is 17.4 Å². The Hall–Kier alpha value is -4.34. The predicted molar refractivity (Wildman–Crippen MR) is 115 cm³/mol. The molecule has 0 spiro atoms. The molecule has 0 bridgehead atoms. The van der Waals surface area contributed by atoms with Gasteiger partial charge < -0.3 is 14.6 Å². The average molecular weight is 450 g/mol. The zero-order chi connectivity index (χ0) is 23.5. The maximum absolute atomic E-state index is 13.3. The van der Waals surface area contributed by atoms with Crippen LogP contribution in [0, 0.1) is 15.9 Å². The lowest BCUT2D eigenvalue weighted by molar-refractivity contribution is -0.384. The highest BCUT2D eigenvalue weighted by atomic mass is 19.1. The Morgan fingerprint density at radius 3 is 2.58 bits per heavy atom. The molecule has 4 rings (SSSR count). The fourth-order valence-electron chi connectivity index (χ4n) is 3.87. The van der Waals surface area contributed by atoms with Gasteiger partial charge in [-0.3, -0.25) is 19.7 Å². The van der Waals surface area contributed by atoms with Gasteiger partial charge in [-0.15, -0.1) is 0 Å². The number of ketones is 1. The average Bonchev–Trinajstić information content (AvgIpc) is 3.41. The van der Waals surface area contributed by atoms with Crippen molar-refractivity contribution in [3.05, 3.63) is 99.9 Å². The van der Waals surface area contributed by atoms with E-state index in [1.807, 2.05) is 4.57 Å². The summed E-state index contributed by atoms with van der Waals surface area (Å²) in [4.78, 5) is 41.9. The van der Waals surface area contributed by atoms with Crippen molar-refractivity contribution < 1.29 is 24.0 Å². The molecule has 1 fully saturated rings. The number of aliphatic hydroxyl groups excluding tert-OH is 1. The van der Waals surface area contributed by atoms with Crippen LogP contribution in [-0.4, -0.2) is 42.7 Å². The second-order valence-electron chi connectivity index (χ2n) is 7.51. The minimum Gasteiger partial charge on any atom is -0.507 e. The fourth-order valence-corrected chi connectivity index (χ4v) is 3.87. The zero-order valence-electron chi connectivity index (χ0n) is 17.3. The molecule has 2 aromatic carbocycles. The lowest BCUT2D eigenvalue weighted by atomic mass is 9.95. The first-order chi connectivity index (χ1) is 15.9. The minimum absolute atomic E-state index is 0.156. The van der Waals surface area contributed by atoms with Crippen molar-refractivity contribution >= 4 is 23.1 Å². The first kappa shape index (κ1) is 21.9. The number of benzene rings is 2. The predicted octanol–water partition coefficient (Wildman–Crippen LogP) is 3.44. The Labute approximate surface area is 187 Å². The Kier molecular flexibility index (Phi) is 5.99. The first-order valence-corrected chi connectivity index (χ1v) is 10.1. The number of hydrogen-bond donors (Lipinski definition) is 1. The topological polar surface area (TPSA) is 119 Å². The second-order valence-corrected chi connectivity index (χ2v) is 7.51. The van der Waals surface area contributed by atoms with Crippen LogP contribution in [0.5, 0.6) is 0 Å². The summed E-state index contributed by atoms with van der Waals surface area (Å²) in [5.41, 5.74) is 0.0611. The van der Waals surface area contributed by atoms with Crippen molar-refractivity contribution in [3.8, 4) is 0 Å². The van der Waals surface area contributed by atoms with Gasteiger partial charge >= 0.3 is 0 Å². The number of non-ortho nitro benzene ring substituents is 1. The SMILES string of the molecule is O=C1C(=O)N(CCCn2ccnc2)C(c2cccc([N+](=O)[O-])c2)C1=C(O)c1ccc(F)cc1. The third kappa shape index (κ3) is 4.36. The number of nitro benzene ring substituents is 1. The number of amides is 1. The van der Waals surface area contributed by atoms with E-state index in [2.05, 4.69) is 4.98 Å². The molecule has 3 aromatic rings. The lowest BCUT2D eigenvalue weighted by Crippen LogP contribution is -2.31. The van der Waals surface area contributed by atoms with Crippen molar-refractivity contribution in [1.82, 2.24) is 14.5 Å². The van der Waals surface area contributed by atoms with E-state index in [1.165, 1.54) is 35.2 Å². The van der Waals surface area contributed by atoms with Crippen LogP contribution >= 0.6 is 0 Å². The summed E-state index contributed by atoms with van der Waals surface area (Å²) in [6.07, 6.45) is 5.49. The molecular formula is C23H19FN4O5. The highest BCUT2D eigenvalue weighted by molar-refractivity contribution is 6.46. The largest absolute Gasteiger partial charge is 0.507 e. The number of rotatable bonds is 7. The lowest BCUT2D eigenvalue weighted by Gasteiger charge is -2.25. The molecule has 1 N–H and O–H groups in total. The van der Waals surface area contributed by atoms with E-state index < -0.39 is 34.2 Å². The van der Waals surface area contributed by atoms with Gasteiger partial charge in [-0.2, -0.15) is 0 Å². The number of aliphatic hydroxyl groups is 1. The van der Waals surface area contributed by atoms with Crippen LogP contribution in [0.4, 0.5) is 10.1 Å². The van der Waals surface area contributed by atoms with Gasteiger partial charge in [0, 0.05) is 43.2 Å². The smallest absolute Gasteiger partial charge is 0.295 e. The van der Waals surface area contributed by atoms with E-state index in [9.17, 15) is 29.2 Å². The molecule has 0 saturated carbocycles. The van der Waals surface area contributed by atoms with E-state index in [0.29, 0.717) is 18.5 Å². The standard InChI is InChI=1S/C23H19FN4O5/c24-17-7-5-15(6-8-17)21(29)19-20(16-3-1-4-18(13-16)28(32)33)27(23(31)22(19)30)11-2-10-26-12-9-25-14-26/h1,3-9,12-14,20,29H,2,10-11H2. The number of nitro groups is 1. The molecule has 0 aliphatic carbocycles. The van der Waals surface area contributed by atoms with Crippen LogP contribution < -0.4 is 0 Å². The number of carbonyl (C=O) groups excluding carboxylic acids is 2. The van der Waals surface area contributed by atoms with Gasteiger partial charge in [-0.05, 0) is 36.2 Å². The highest BCUT2D eigenvalue weighted by Gasteiger charge is 2.46. The Morgan fingerprint density at radius 2 is 1.91 bits per heavy atom. The van der Waals surface area contributed by atoms with Gasteiger partial charge in [0.2, 0.25) is 0 Å². The number of nitrogens with zero attached hydrogens (tertiary/aromatic N) is 4. The maximum atomic E-state index is 13.3. The molecule has 2 heterocycles. The number of Topliss-reactive ketones (excluding diaryl/α,β-unsaturated/α-hetero) is 1. The number of halogens is 1. The minimum atomic E-state index is -1.03. The molecule has 1 atom stereocenters. The number of aryl methyl sites for hydroxylation is 1. The van der Waals surface area contributed by atoms with E-state index >= 15 is 0 Å². The third-order valence-electron chi connectivity index (χ3n) is 5.43. The van der Waals surface area contributed by atoms with Crippen LogP contribution in [0.1, 0.15) is 23.6 Å². The summed E-state index contributed by atoms with van der Waals surface area (Å²) < 4.78 is 15.2. The third-order valence-corrected chi connectivity index (χ3v) is 5.43. The number of aromatic nitrogens is 2. The highest BCUT2D eigenvalue weighted by Crippen LogP contribution is 2.40. The molecule has 1 aromatic heterocycles. The van der Waals surface area contributed by atoms with E-state index in [0.717, 1.165) is 12.1 Å². The molecule has 0 radical (unpaired) electrons. The Balaban J connectivity index is 1.76. The molecular weight excluding hydrogens is 431 g/mol. The first-order valence-electron chi connectivity index (χ1n) is 10.1. The van der Waals surface area contributed by atoms with E-state index in [1.54, 1.807) is 24.8 Å². The van der Waals surface area contributed by atoms with Crippen molar-refractivity contribution in [2.45, 2.75) is 19.0 Å². The quantitative estimate of drug-likeness (QED) is 0.194. The number of carbonyl (C=O) groups is 2. The Morgan fingerprint density at radius 1 is 1.15 bits per heavy atom. The van der Waals surface area contributed by atoms with Crippen LogP contribution in [-0.2, 0) is 16.1 Å². The van der Waals surface area contributed by atoms with E-state index in [4.69, 9.17) is 0 Å². The summed E-state index contributed by atoms with van der Waals surface area (Å²) >= 11 is 0. The maximum Gasteiger partial charge on any atom is 0.295 e. The molecule has 9 nitrogen and oxygen atoms in total. The molecule has 1 unspecified atom stereocenters. The molecule has 168 valence electrons. The zero-order valence-corrected chi connectivity index (χ0v) is 17.3. The summed E-state index contributed by atoms with van der Waals surface area (Å²) in [7, 11) is 0. The van der Waals surface area contributed by atoms with Gasteiger partial charge in [-0.25, -0.2) is 9.37 Å². The van der Waals surface area contributed by atoms with Crippen LogP contribution in [0.25, 0.3) is 5.76 Å². The normalized spacial score (nSPS) is 17.5. The Bertz CT molecular complexity index is 1240. The summed E-state index contributed by atoms with van der Waals surface area (Å²) in [5, 5.41) is 22.2. The van der Waals surface area contributed by atoms with Crippen molar-refractivity contribution in [1.29, 1.82) is 0 Å². The molecule has 33 heavy (non-hydrogen) atoms. The van der Waals surface area contributed by atoms with Gasteiger partial charge in [0.1, 0.15) is 11.6 Å². The van der Waals surface area contributed by atoms with Crippen LogP contribution in [0.2, 0.25) is 0 Å². The summed E-state index contributed by atoms with van der Waals surface area (Å²) in [5.74, 6) is -2.72. The van der Waals surface area contributed by atoms with Gasteiger partial charge in [-0.1, -0.05) is 12.1 Å². The molecule has 1 aliphatic heterocycles. The number of hydrogen-bond acceptors (Lipinski definition) is 6. The van der Waals surface area contributed by atoms with E-state index in [-0.39, 0.29) is 23.4 Å². The molecule has 10 heteroatoms. The molecule has 1 saturated heterocycles. The molecule has 1 amide bonds. The van der Waals surface area contributed by atoms with Crippen molar-refractivity contribution in [2.75, 3.05) is 6.54 Å². The van der Waals surface area contributed by atoms with Gasteiger partial charge in [0.05, 0.1) is 22.9 Å². The number of imidazole rings is 1. The molecule has 1 aliphatic rings. The van der Waals surface area contributed by atoms with Gasteiger partial charge in [0.15, 0.2) is 0 Å².